The van der Waals surface area contributed by atoms with E-state index in [1.165, 1.54) is 10.5 Å². The first-order chi connectivity index (χ1) is 10.0. The van der Waals surface area contributed by atoms with Crippen molar-refractivity contribution < 1.29 is 13.2 Å². The standard InChI is InChI=1S/C15H12F3N3/c1-19-14-12(10-6-3-2-4-7-10)20-13-11(15(16,17)18)8-5-9-21(13)14/h2-9,19H,1H3. The van der Waals surface area contributed by atoms with Gasteiger partial charge in [-0.05, 0) is 12.1 Å². The van der Waals surface area contributed by atoms with Crippen molar-refractivity contribution in [2.45, 2.75) is 6.18 Å². The van der Waals surface area contributed by atoms with E-state index in [0.717, 1.165) is 11.6 Å². The van der Waals surface area contributed by atoms with Crippen LogP contribution >= 0.6 is 0 Å². The number of fused-ring (bicyclic) bond motifs is 1. The van der Waals surface area contributed by atoms with Crippen LogP contribution in [0.3, 0.4) is 0 Å². The van der Waals surface area contributed by atoms with Crippen LogP contribution in [-0.4, -0.2) is 16.4 Å². The van der Waals surface area contributed by atoms with Crippen LogP contribution in [-0.2, 0) is 6.18 Å². The van der Waals surface area contributed by atoms with E-state index in [2.05, 4.69) is 10.3 Å². The lowest BCUT2D eigenvalue weighted by molar-refractivity contribution is -0.136. The molecule has 0 amide bonds. The molecule has 1 N–H and O–H groups in total. The van der Waals surface area contributed by atoms with Gasteiger partial charge >= 0.3 is 6.18 Å². The maximum absolute atomic E-state index is 13.1. The Morgan fingerprint density at radius 1 is 1.05 bits per heavy atom. The Kier molecular flexibility index (Phi) is 3.08. The minimum atomic E-state index is -4.44. The van der Waals surface area contributed by atoms with Crippen LogP contribution < -0.4 is 5.32 Å². The van der Waals surface area contributed by atoms with Gasteiger partial charge in [0.15, 0.2) is 5.65 Å². The Balaban J connectivity index is 2.33. The molecule has 0 atom stereocenters. The average Bonchev–Trinajstić information content (AvgIpc) is 2.85. The molecule has 0 unspecified atom stereocenters. The first kappa shape index (κ1) is 13.5. The SMILES string of the molecule is CNc1c(-c2ccccc2)nc2c(C(F)(F)F)cccn12. The molecule has 0 aliphatic rings. The van der Waals surface area contributed by atoms with E-state index in [-0.39, 0.29) is 5.65 Å². The summed E-state index contributed by atoms with van der Waals surface area (Å²) in [5, 5.41) is 2.93. The van der Waals surface area contributed by atoms with Crippen molar-refractivity contribution in [3.63, 3.8) is 0 Å². The van der Waals surface area contributed by atoms with Gasteiger partial charge in [-0.3, -0.25) is 4.40 Å². The molecule has 0 aliphatic heterocycles. The predicted molar refractivity (Wildman–Crippen MR) is 75.2 cm³/mol. The van der Waals surface area contributed by atoms with Crippen molar-refractivity contribution in [3.8, 4) is 11.3 Å². The van der Waals surface area contributed by atoms with E-state index >= 15 is 0 Å². The number of alkyl halides is 3. The molecule has 0 radical (unpaired) electrons. The minimum Gasteiger partial charge on any atom is -0.372 e. The molecule has 0 saturated carbocycles. The highest BCUT2D eigenvalue weighted by molar-refractivity contribution is 5.77. The van der Waals surface area contributed by atoms with Gasteiger partial charge in [-0.2, -0.15) is 13.2 Å². The molecule has 2 aromatic heterocycles. The Labute approximate surface area is 119 Å². The van der Waals surface area contributed by atoms with Gasteiger partial charge in [-0.1, -0.05) is 30.3 Å². The highest BCUT2D eigenvalue weighted by atomic mass is 19.4. The highest BCUT2D eigenvalue weighted by Crippen LogP contribution is 2.36. The fourth-order valence-electron chi connectivity index (χ4n) is 2.33. The van der Waals surface area contributed by atoms with Crippen LogP contribution in [0.4, 0.5) is 19.0 Å². The molecular weight excluding hydrogens is 279 g/mol. The van der Waals surface area contributed by atoms with Crippen LogP contribution in [0.5, 0.6) is 0 Å². The number of benzene rings is 1. The Hall–Kier alpha value is -2.50. The van der Waals surface area contributed by atoms with E-state index in [0.29, 0.717) is 11.5 Å². The fourth-order valence-corrected chi connectivity index (χ4v) is 2.33. The molecule has 108 valence electrons. The largest absolute Gasteiger partial charge is 0.419 e. The van der Waals surface area contributed by atoms with Gasteiger partial charge in [-0.15, -0.1) is 0 Å². The predicted octanol–water partition coefficient (Wildman–Crippen LogP) is 4.06. The average molecular weight is 291 g/mol. The molecule has 0 saturated heterocycles. The third kappa shape index (κ3) is 2.22. The molecule has 2 heterocycles. The Bertz CT molecular complexity index is 776. The zero-order chi connectivity index (χ0) is 15.0. The number of aromatic nitrogens is 2. The molecule has 6 heteroatoms. The number of hydrogen-bond donors (Lipinski definition) is 1. The van der Waals surface area contributed by atoms with Crippen LogP contribution in [0.1, 0.15) is 5.56 Å². The summed E-state index contributed by atoms with van der Waals surface area (Å²) in [6.07, 6.45) is -2.87. The summed E-state index contributed by atoms with van der Waals surface area (Å²) in [7, 11) is 1.66. The smallest absolute Gasteiger partial charge is 0.372 e. The summed E-state index contributed by atoms with van der Waals surface area (Å²) < 4.78 is 40.7. The van der Waals surface area contributed by atoms with E-state index in [9.17, 15) is 13.2 Å². The summed E-state index contributed by atoms with van der Waals surface area (Å²) >= 11 is 0. The van der Waals surface area contributed by atoms with Crippen molar-refractivity contribution in [1.29, 1.82) is 0 Å². The second-order valence-electron chi connectivity index (χ2n) is 4.54. The van der Waals surface area contributed by atoms with Crippen molar-refractivity contribution >= 4 is 11.5 Å². The van der Waals surface area contributed by atoms with E-state index < -0.39 is 11.7 Å². The summed E-state index contributed by atoms with van der Waals surface area (Å²) in [5.74, 6) is 0.530. The summed E-state index contributed by atoms with van der Waals surface area (Å²) in [4.78, 5) is 4.20. The lowest BCUT2D eigenvalue weighted by Gasteiger charge is -2.08. The van der Waals surface area contributed by atoms with Gasteiger partial charge in [-0.25, -0.2) is 4.98 Å². The molecule has 0 spiro atoms. The van der Waals surface area contributed by atoms with Crippen molar-refractivity contribution in [1.82, 2.24) is 9.38 Å². The first-order valence-electron chi connectivity index (χ1n) is 6.34. The van der Waals surface area contributed by atoms with Crippen molar-refractivity contribution in [3.05, 3.63) is 54.2 Å². The van der Waals surface area contributed by atoms with E-state index in [1.54, 1.807) is 13.2 Å². The monoisotopic (exact) mass is 291 g/mol. The normalized spacial score (nSPS) is 11.8. The van der Waals surface area contributed by atoms with E-state index in [1.807, 2.05) is 30.3 Å². The molecular formula is C15H12F3N3. The second kappa shape index (κ2) is 4.80. The lowest BCUT2D eigenvalue weighted by atomic mass is 10.1. The minimum absolute atomic E-state index is 0.104. The number of nitrogens with zero attached hydrogens (tertiary/aromatic N) is 2. The van der Waals surface area contributed by atoms with Gasteiger partial charge < -0.3 is 5.32 Å². The Morgan fingerprint density at radius 3 is 2.38 bits per heavy atom. The number of anilines is 1. The van der Waals surface area contributed by atoms with Gasteiger partial charge in [0.2, 0.25) is 0 Å². The van der Waals surface area contributed by atoms with Gasteiger partial charge in [0.1, 0.15) is 11.5 Å². The molecule has 3 rings (SSSR count). The quantitative estimate of drug-likeness (QED) is 0.771. The second-order valence-corrected chi connectivity index (χ2v) is 4.54. The molecule has 3 aromatic rings. The Morgan fingerprint density at radius 2 is 1.76 bits per heavy atom. The zero-order valence-electron chi connectivity index (χ0n) is 11.1. The molecule has 0 bridgehead atoms. The topological polar surface area (TPSA) is 29.3 Å². The summed E-state index contributed by atoms with van der Waals surface area (Å²) in [5.41, 5.74) is 0.408. The van der Waals surface area contributed by atoms with Gasteiger partial charge in [0.05, 0.1) is 5.56 Å². The molecule has 0 aliphatic carbocycles. The molecule has 3 nitrogen and oxygen atoms in total. The molecule has 1 aromatic carbocycles. The number of nitrogens with one attached hydrogen (secondary N) is 1. The van der Waals surface area contributed by atoms with E-state index in [4.69, 9.17) is 0 Å². The lowest BCUT2D eigenvalue weighted by Crippen LogP contribution is -2.07. The molecule has 0 fully saturated rings. The van der Waals surface area contributed by atoms with Crippen LogP contribution in [0.15, 0.2) is 48.7 Å². The van der Waals surface area contributed by atoms with Crippen LogP contribution in [0.25, 0.3) is 16.9 Å². The third-order valence-electron chi connectivity index (χ3n) is 3.24. The maximum atomic E-state index is 13.1. The number of pyridine rings is 1. The maximum Gasteiger partial charge on any atom is 0.419 e. The fraction of sp³-hybridized carbons (Fsp3) is 0.133. The number of hydrogen-bond acceptors (Lipinski definition) is 2. The van der Waals surface area contributed by atoms with Crippen molar-refractivity contribution in [2.75, 3.05) is 12.4 Å². The van der Waals surface area contributed by atoms with Crippen LogP contribution in [0, 0.1) is 0 Å². The van der Waals surface area contributed by atoms with Gasteiger partial charge in [0, 0.05) is 18.8 Å². The number of rotatable bonds is 2. The first-order valence-corrected chi connectivity index (χ1v) is 6.34. The molecule has 21 heavy (non-hydrogen) atoms. The zero-order valence-corrected chi connectivity index (χ0v) is 11.1. The van der Waals surface area contributed by atoms with Crippen LogP contribution in [0.2, 0.25) is 0 Å². The highest BCUT2D eigenvalue weighted by Gasteiger charge is 2.34. The van der Waals surface area contributed by atoms with Crippen molar-refractivity contribution in [2.24, 2.45) is 0 Å². The number of imidazole rings is 1. The summed E-state index contributed by atoms with van der Waals surface area (Å²) in [6.45, 7) is 0. The third-order valence-corrected chi connectivity index (χ3v) is 3.24. The summed E-state index contributed by atoms with van der Waals surface area (Å²) in [6, 6.07) is 11.5. The van der Waals surface area contributed by atoms with Gasteiger partial charge in [0.25, 0.3) is 0 Å². The number of halogens is 3.